The molecule has 0 aromatic rings. The third-order valence-corrected chi connectivity index (χ3v) is 1.86. The Hall–Kier alpha value is -1.38. The first-order valence-corrected chi connectivity index (χ1v) is 4.17. The van der Waals surface area contributed by atoms with Gasteiger partial charge in [0, 0.05) is 12.7 Å². The maximum atomic E-state index is 4.19. The van der Waals surface area contributed by atoms with E-state index in [1.165, 1.54) is 0 Å². The van der Waals surface area contributed by atoms with Crippen LogP contribution in [-0.2, 0) is 6.54 Å². The van der Waals surface area contributed by atoms with E-state index >= 15 is 0 Å². The Kier molecular flexibility index (Phi) is 1.78. The van der Waals surface area contributed by atoms with Gasteiger partial charge in [0.1, 0.15) is 12.0 Å². The fraction of sp³-hybridized carbons (Fsp3) is 0.333. The van der Waals surface area contributed by atoms with Gasteiger partial charge in [-0.2, -0.15) is 0 Å². The quantitative estimate of drug-likeness (QED) is 0.672. The predicted molar refractivity (Wildman–Crippen MR) is 46.9 cm³/mol. The number of hydrogen-bond acceptors (Lipinski definition) is 2. The van der Waals surface area contributed by atoms with Crippen LogP contribution in [0.3, 0.4) is 0 Å². The fourth-order valence-corrected chi connectivity index (χ4v) is 1.34. The highest BCUT2D eigenvalue weighted by Gasteiger charge is 2.06. The zero-order valence-electron chi connectivity index (χ0n) is 7.07. The molecule has 0 bridgehead atoms. The summed E-state index contributed by atoms with van der Waals surface area (Å²) in [5.41, 5.74) is 0.978. The highest BCUT2D eigenvalue weighted by Crippen LogP contribution is 2.15. The number of rotatable bonds is 2. The zero-order chi connectivity index (χ0) is 8.39. The number of nitrogens with zero attached hydrogens (tertiary/aromatic N) is 3. The molecule has 2 heterocycles. The van der Waals surface area contributed by atoms with Crippen molar-refractivity contribution in [3.63, 3.8) is 0 Å². The molecule has 3 heteroatoms. The van der Waals surface area contributed by atoms with Crippen LogP contribution in [0.5, 0.6) is 0 Å². The van der Waals surface area contributed by atoms with E-state index in [4.69, 9.17) is 0 Å². The lowest BCUT2D eigenvalue weighted by atomic mass is 10.3. The van der Waals surface area contributed by atoms with Crippen molar-refractivity contribution >= 4 is 0 Å². The molecule has 0 saturated carbocycles. The third-order valence-electron chi connectivity index (χ3n) is 1.86. The molecule has 0 saturated heterocycles. The number of pyridine rings is 1. The van der Waals surface area contributed by atoms with Crippen molar-refractivity contribution < 1.29 is 0 Å². The van der Waals surface area contributed by atoms with Gasteiger partial charge >= 0.3 is 0 Å². The average Bonchev–Trinajstić information content (AvgIpc) is 2.53. The van der Waals surface area contributed by atoms with Gasteiger partial charge < -0.3 is 4.57 Å². The monoisotopic (exact) mass is 161 g/mol. The molecule has 0 unspecified atom stereocenters. The molecule has 2 aliphatic rings. The van der Waals surface area contributed by atoms with Crippen molar-refractivity contribution in [2.24, 2.45) is 0 Å². The van der Waals surface area contributed by atoms with Gasteiger partial charge in [-0.1, -0.05) is 6.92 Å². The first-order chi connectivity index (χ1) is 5.92. The zero-order valence-corrected chi connectivity index (χ0v) is 7.07. The van der Waals surface area contributed by atoms with Crippen molar-refractivity contribution in [2.45, 2.75) is 19.9 Å². The van der Waals surface area contributed by atoms with Crippen LogP contribution in [0.25, 0.3) is 11.5 Å². The molecule has 2 aliphatic heterocycles. The normalized spacial score (nSPS) is 10.8. The number of fused-ring (bicyclic) bond motifs is 1. The molecule has 0 spiro atoms. The minimum absolute atomic E-state index is 0.978. The maximum absolute atomic E-state index is 4.19. The summed E-state index contributed by atoms with van der Waals surface area (Å²) in [6.45, 7) is 3.16. The Labute approximate surface area is 71.4 Å². The van der Waals surface area contributed by atoms with Gasteiger partial charge in [-0.25, -0.2) is 9.97 Å². The van der Waals surface area contributed by atoms with Gasteiger partial charge in [0.15, 0.2) is 5.82 Å². The number of hydrogen-bond donors (Lipinski definition) is 0. The lowest BCUT2D eigenvalue weighted by Gasteiger charge is -2.07. The average molecular weight is 161 g/mol. The topological polar surface area (TPSA) is 30.7 Å². The van der Waals surface area contributed by atoms with Crippen molar-refractivity contribution in [1.82, 2.24) is 14.5 Å². The second kappa shape index (κ2) is 2.93. The fourth-order valence-electron chi connectivity index (χ4n) is 1.34. The van der Waals surface area contributed by atoms with Crippen LogP contribution in [0.15, 0.2) is 24.7 Å². The standard InChI is InChI=1S/C9H11N3/c1-2-5-12-6-3-4-8-9(12)11-7-10-8/h3-4,6-7H,2,5H2,1H3. The highest BCUT2D eigenvalue weighted by molar-refractivity contribution is 5.50. The Morgan fingerprint density at radius 1 is 1.42 bits per heavy atom. The Bertz CT molecular complexity index is 340. The Balaban J connectivity index is 2.48. The summed E-state index contributed by atoms with van der Waals surface area (Å²) in [7, 11) is 0. The summed E-state index contributed by atoms with van der Waals surface area (Å²) < 4.78 is 2.13. The van der Waals surface area contributed by atoms with Gasteiger partial charge in [-0.15, -0.1) is 0 Å². The van der Waals surface area contributed by atoms with Crippen LogP contribution in [0.1, 0.15) is 13.3 Å². The Morgan fingerprint density at radius 3 is 3.17 bits per heavy atom. The first kappa shape index (κ1) is 7.28. The van der Waals surface area contributed by atoms with Crippen LogP contribution in [0, 0.1) is 0 Å². The van der Waals surface area contributed by atoms with E-state index < -0.39 is 0 Å². The molecule has 0 N–H and O–H groups in total. The second-order valence-electron chi connectivity index (χ2n) is 2.78. The molecule has 2 rings (SSSR count). The van der Waals surface area contributed by atoms with Crippen molar-refractivity contribution in [3.05, 3.63) is 24.7 Å². The van der Waals surface area contributed by atoms with Crippen LogP contribution in [0.2, 0.25) is 0 Å². The summed E-state index contributed by atoms with van der Waals surface area (Å²) in [4.78, 5) is 8.32. The van der Waals surface area contributed by atoms with E-state index in [2.05, 4.69) is 21.5 Å². The van der Waals surface area contributed by atoms with E-state index in [9.17, 15) is 0 Å². The highest BCUT2D eigenvalue weighted by atomic mass is 15.1. The van der Waals surface area contributed by atoms with Crippen LogP contribution in [0.4, 0.5) is 0 Å². The van der Waals surface area contributed by atoms with E-state index in [0.29, 0.717) is 0 Å². The minimum Gasteiger partial charge on any atom is -0.331 e. The molecule has 0 radical (unpaired) electrons. The van der Waals surface area contributed by atoms with Crippen molar-refractivity contribution in [2.75, 3.05) is 0 Å². The van der Waals surface area contributed by atoms with E-state index in [1.807, 2.05) is 18.3 Å². The third kappa shape index (κ3) is 1.07. The Morgan fingerprint density at radius 2 is 2.33 bits per heavy atom. The molecule has 0 aromatic heterocycles. The molecule has 0 atom stereocenters. The van der Waals surface area contributed by atoms with E-state index in [0.717, 1.165) is 24.5 Å². The first-order valence-electron chi connectivity index (χ1n) is 4.17. The van der Waals surface area contributed by atoms with Crippen LogP contribution < -0.4 is 0 Å². The van der Waals surface area contributed by atoms with Gasteiger partial charge in [-0.05, 0) is 18.6 Å². The lowest BCUT2D eigenvalue weighted by Crippen LogP contribution is -2.02. The SMILES string of the molecule is CCCn1cccc2ncnc1-2. The maximum Gasteiger partial charge on any atom is 0.160 e. The molecule has 0 amide bonds. The lowest BCUT2D eigenvalue weighted by molar-refractivity contribution is 0.673. The molecule has 0 aromatic carbocycles. The summed E-state index contributed by atoms with van der Waals surface area (Å²) in [6.07, 6.45) is 4.77. The van der Waals surface area contributed by atoms with Crippen LogP contribution >= 0.6 is 0 Å². The van der Waals surface area contributed by atoms with Gasteiger partial charge in [0.05, 0.1) is 0 Å². The predicted octanol–water partition coefficient (Wildman–Crippen LogP) is 1.79. The van der Waals surface area contributed by atoms with Gasteiger partial charge in [0.2, 0.25) is 0 Å². The second-order valence-corrected chi connectivity index (χ2v) is 2.78. The van der Waals surface area contributed by atoms with Crippen molar-refractivity contribution in [3.8, 4) is 11.5 Å². The molecule has 3 nitrogen and oxygen atoms in total. The smallest absolute Gasteiger partial charge is 0.160 e. The number of imidazole rings is 1. The van der Waals surface area contributed by atoms with Crippen molar-refractivity contribution in [1.29, 1.82) is 0 Å². The van der Waals surface area contributed by atoms with E-state index in [1.54, 1.807) is 6.33 Å². The van der Waals surface area contributed by atoms with Gasteiger partial charge in [0.25, 0.3) is 0 Å². The molecule has 0 aliphatic carbocycles. The van der Waals surface area contributed by atoms with E-state index in [-0.39, 0.29) is 0 Å². The summed E-state index contributed by atoms with van der Waals surface area (Å²) in [6, 6.07) is 3.99. The number of aromatic nitrogens is 3. The van der Waals surface area contributed by atoms with Gasteiger partial charge in [-0.3, -0.25) is 0 Å². The molecule has 0 fully saturated rings. The molecular weight excluding hydrogens is 150 g/mol. The largest absolute Gasteiger partial charge is 0.331 e. The number of aryl methyl sites for hydroxylation is 1. The summed E-state index contributed by atoms with van der Waals surface area (Å²) in [5.74, 6) is 0.986. The summed E-state index contributed by atoms with van der Waals surface area (Å²) in [5, 5.41) is 0. The molecule has 62 valence electrons. The van der Waals surface area contributed by atoms with Crippen LogP contribution in [-0.4, -0.2) is 14.5 Å². The molecular formula is C9H11N3. The minimum atomic E-state index is 0.978. The summed E-state index contributed by atoms with van der Waals surface area (Å²) >= 11 is 0. The molecule has 12 heavy (non-hydrogen) atoms.